The van der Waals surface area contributed by atoms with Crippen LogP contribution in [0, 0.1) is 25.7 Å². The number of hydrogen-bond donors (Lipinski definition) is 2. The minimum atomic E-state index is 0.824. The number of benzene rings is 1. The van der Waals surface area contributed by atoms with Crippen molar-refractivity contribution in [3.63, 3.8) is 0 Å². The number of aryl methyl sites for hydroxylation is 1. The van der Waals surface area contributed by atoms with Crippen LogP contribution in [0.1, 0.15) is 36.8 Å². The molecule has 2 aliphatic carbocycles. The highest BCUT2D eigenvalue weighted by Gasteiger charge is 2.23. The molecule has 3 aromatic heterocycles. The number of rotatable bonds is 8. The van der Waals surface area contributed by atoms with Crippen molar-refractivity contribution in [3.05, 3.63) is 54.1 Å². The van der Waals surface area contributed by atoms with Crippen LogP contribution >= 0.6 is 0 Å². The lowest BCUT2D eigenvalue weighted by molar-refractivity contribution is 0.883. The Balaban J connectivity index is 1.37. The molecule has 34 heavy (non-hydrogen) atoms. The molecule has 0 saturated heterocycles. The van der Waals surface area contributed by atoms with Crippen LogP contribution in [0.4, 0.5) is 11.6 Å². The minimum Gasteiger partial charge on any atom is -0.370 e. The van der Waals surface area contributed by atoms with Crippen molar-refractivity contribution in [2.75, 3.05) is 23.7 Å². The molecular formula is C28H32N6. The first kappa shape index (κ1) is 21.1. The van der Waals surface area contributed by atoms with Gasteiger partial charge in [-0.3, -0.25) is 0 Å². The fourth-order valence-corrected chi connectivity index (χ4v) is 4.78. The molecule has 174 valence electrons. The Morgan fingerprint density at radius 3 is 1.79 bits per heavy atom. The Bertz CT molecular complexity index is 1330. The van der Waals surface area contributed by atoms with Crippen molar-refractivity contribution < 1.29 is 0 Å². The van der Waals surface area contributed by atoms with Gasteiger partial charge >= 0.3 is 0 Å². The zero-order chi connectivity index (χ0) is 23.2. The number of nitrogens with one attached hydrogen (secondary N) is 2. The highest BCUT2D eigenvalue weighted by molar-refractivity contribution is 6.04. The fraction of sp³-hybridized carbons (Fsp3) is 0.393. The van der Waals surface area contributed by atoms with E-state index in [9.17, 15) is 0 Å². The summed E-state index contributed by atoms with van der Waals surface area (Å²) in [4.78, 5) is 14.2. The van der Waals surface area contributed by atoms with Gasteiger partial charge in [-0.2, -0.15) is 0 Å². The Kier molecular flexibility index (Phi) is 5.24. The van der Waals surface area contributed by atoms with Gasteiger partial charge in [-0.25, -0.2) is 15.0 Å². The maximum absolute atomic E-state index is 4.83. The van der Waals surface area contributed by atoms with E-state index < -0.39 is 0 Å². The second-order valence-corrected chi connectivity index (χ2v) is 10.1. The van der Waals surface area contributed by atoms with E-state index >= 15 is 0 Å². The molecule has 0 aliphatic heterocycles. The van der Waals surface area contributed by atoms with Gasteiger partial charge in [-0.15, -0.1) is 0 Å². The average Bonchev–Trinajstić information content (AvgIpc) is 3.79. The SMILES string of the molecule is Cc1c(C)c(-c2ccc(NCC3CC3)nc2)c2c(ncn2C)c1-c1ccc(NCC2CC2)nc1. The number of nitrogens with zero attached hydrogens (tertiary/aromatic N) is 4. The van der Waals surface area contributed by atoms with Crippen molar-refractivity contribution >= 4 is 22.7 Å². The molecule has 2 saturated carbocycles. The number of pyridine rings is 2. The summed E-state index contributed by atoms with van der Waals surface area (Å²) in [5, 5.41) is 6.93. The molecule has 0 unspecified atom stereocenters. The molecule has 6 nitrogen and oxygen atoms in total. The quantitative estimate of drug-likeness (QED) is 0.345. The van der Waals surface area contributed by atoms with Crippen LogP contribution in [0.15, 0.2) is 43.0 Å². The molecule has 6 heteroatoms. The number of hydrogen-bond acceptors (Lipinski definition) is 5. The first-order valence-electron chi connectivity index (χ1n) is 12.4. The van der Waals surface area contributed by atoms with E-state index in [2.05, 4.69) is 60.4 Å². The summed E-state index contributed by atoms with van der Waals surface area (Å²) in [6, 6.07) is 8.53. The van der Waals surface area contributed by atoms with Crippen LogP contribution in [0.3, 0.4) is 0 Å². The first-order valence-corrected chi connectivity index (χ1v) is 12.4. The summed E-state index contributed by atoms with van der Waals surface area (Å²) in [6.45, 7) is 6.44. The molecule has 3 heterocycles. The van der Waals surface area contributed by atoms with Crippen LogP contribution < -0.4 is 10.6 Å². The first-order chi connectivity index (χ1) is 16.6. The lowest BCUT2D eigenvalue weighted by atomic mass is 9.89. The molecule has 0 amide bonds. The Hall–Kier alpha value is -3.41. The molecule has 0 radical (unpaired) electrons. The van der Waals surface area contributed by atoms with Crippen LogP contribution in [0.5, 0.6) is 0 Å². The fourth-order valence-electron chi connectivity index (χ4n) is 4.78. The van der Waals surface area contributed by atoms with Crippen molar-refractivity contribution in [1.29, 1.82) is 0 Å². The topological polar surface area (TPSA) is 67.7 Å². The molecule has 6 rings (SSSR count). The molecule has 2 N–H and O–H groups in total. The largest absolute Gasteiger partial charge is 0.370 e. The van der Waals surface area contributed by atoms with E-state index in [4.69, 9.17) is 15.0 Å². The highest BCUT2D eigenvalue weighted by atomic mass is 15.0. The molecular weight excluding hydrogens is 420 g/mol. The zero-order valence-electron chi connectivity index (χ0n) is 20.2. The monoisotopic (exact) mass is 452 g/mol. The molecule has 2 aliphatic rings. The molecule has 2 fully saturated rings. The lowest BCUT2D eigenvalue weighted by Gasteiger charge is -2.17. The lowest BCUT2D eigenvalue weighted by Crippen LogP contribution is -2.05. The molecule has 0 spiro atoms. The van der Waals surface area contributed by atoms with E-state index in [-0.39, 0.29) is 0 Å². The van der Waals surface area contributed by atoms with Gasteiger partial charge in [-0.1, -0.05) is 0 Å². The summed E-state index contributed by atoms with van der Waals surface area (Å²) in [5.74, 6) is 3.54. The summed E-state index contributed by atoms with van der Waals surface area (Å²) >= 11 is 0. The number of anilines is 2. The van der Waals surface area contributed by atoms with E-state index in [1.165, 1.54) is 42.4 Å². The number of imidazole rings is 1. The normalized spacial score (nSPS) is 15.6. The standard InChI is InChI=1S/C28H32N6/c1-17-18(2)26(22-9-11-24(32-15-22)30-13-20-6-7-20)28-27(33-16-34(28)3)25(17)21-8-10-23(31-14-21)29-12-19-4-5-19/h8-11,14-16,19-20H,4-7,12-13H2,1-3H3,(H,29,31)(H,30,32). The smallest absolute Gasteiger partial charge is 0.125 e. The Morgan fingerprint density at radius 1 is 0.765 bits per heavy atom. The highest BCUT2D eigenvalue weighted by Crippen LogP contribution is 2.40. The third kappa shape index (κ3) is 4.02. The van der Waals surface area contributed by atoms with Crippen molar-refractivity contribution in [2.45, 2.75) is 39.5 Å². The molecule has 0 atom stereocenters. The van der Waals surface area contributed by atoms with Gasteiger partial charge in [0.05, 0.1) is 17.4 Å². The van der Waals surface area contributed by atoms with E-state index in [0.29, 0.717) is 0 Å². The van der Waals surface area contributed by atoms with Crippen molar-refractivity contribution in [2.24, 2.45) is 18.9 Å². The van der Waals surface area contributed by atoms with Crippen molar-refractivity contribution in [3.8, 4) is 22.3 Å². The Labute approximate surface area is 200 Å². The van der Waals surface area contributed by atoms with Crippen LogP contribution in [0.25, 0.3) is 33.3 Å². The van der Waals surface area contributed by atoms with Gasteiger partial charge in [0.1, 0.15) is 11.6 Å². The van der Waals surface area contributed by atoms with Crippen LogP contribution in [-0.4, -0.2) is 32.6 Å². The van der Waals surface area contributed by atoms with E-state index in [1.54, 1.807) is 0 Å². The van der Waals surface area contributed by atoms with Gasteiger partial charge in [-0.05, 0) is 86.8 Å². The summed E-state index contributed by atoms with van der Waals surface area (Å²) in [7, 11) is 2.07. The van der Waals surface area contributed by atoms with Gasteiger partial charge in [0.15, 0.2) is 0 Å². The maximum Gasteiger partial charge on any atom is 0.125 e. The minimum absolute atomic E-state index is 0.824. The van der Waals surface area contributed by atoms with Crippen LogP contribution in [-0.2, 0) is 7.05 Å². The van der Waals surface area contributed by atoms with E-state index in [0.717, 1.165) is 64.3 Å². The second-order valence-electron chi connectivity index (χ2n) is 10.1. The number of fused-ring (bicyclic) bond motifs is 1. The Morgan fingerprint density at radius 2 is 1.29 bits per heavy atom. The van der Waals surface area contributed by atoms with Crippen LogP contribution in [0.2, 0.25) is 0 Å². The third-order valence-electron chi connectivity index (χ3n) is 7.37. The second kappa shape index (κ2) is 8.42. The maximum atomic E-state index is 4.83. The van der Waals surface area contributed by atoms with Gasteiger partial charge in [0, 0.05) is 54.8 Å². The summed E-state index contributed by atoms with van der Waals surface area (Å²) in [5.41, 5.74) is 9.22. The predicted molar refractivity (Wildman–Crippen MR) is 139 cm³/mol. The van der Waals surface area contributed by atoms with Gasteiger partial charge < -0.3 is 15.2 Å². The van der Waals surface area contributed by atoms with E-state index in [1.807, 2.05) is 18.7 Å². The molecule has 0 bridgehead atoms. The third-order valence-corrected chi connectivity index (χ3v) is 7.37. The molecule has 1 aromatic carbocycles. The van der Waals surface area contributed by atoms with Gasteiger partial charge in [0.2, 0.25) is 0 Å². The predicted octanol–water partition coefficient (Wildman–Crippen LogP) is 5.96. The van der Waals surface area contributed by atoms with Crippen molar-refractivity contribution in [1.82, 2.24) is 19.5 Å². The molecule has 4 aromatic rings. The average molecular weight is 453 g/mol. The summed E-state index contributed by atoms with van der Waals surface area (Å²) < 4.78 is 2.12. The summed E-state index contributed by atoms with van der Waals surface area (Å²) in [6.07, 6.45) is 11.2. The van der Waals surface area contributed by atoms with Gasteiger partial charge in [0.25, 0.3) is 0 Å². The number of aromatic nitrogens is 4. The zero-order valence-corrected chi connectivity index (χ0v) is 20.2.